The van der Waals surface area contributed by atoms with E-state index in [2.05, 4.69) is 22.2 Å². The lowest BCUT2D eigenvalue weighted by atomic mass is 10.2. The molecule has 2 aromatic heterocycles. The highest BCUT2D eigenvalue weighted by atomic mass is 16.5. The van der Waals surface area contributed by atoms with Crippen LogP contribution in [0.25, 0.3) is 11.0 Å². The molecule has 1 aromatic carbocycles. The number of aromatic nitrogens is 3. The second-order valence-electron chi connectivity index (χ2n) is 4.63. The molecule has 0 spiro atoms. The molecule has 5 nitrogen and oxygen atoms in total. The molecule has 0 aliphatic heterocycles. The summed E-state index contributed by atoms with van der Waals surface area (Å²) in [5.74, 6) is 0. The maximum atomic E-state index is 5.31. The van der Waals surface area contributed by atoms with Gasteiger partial charge in [-0.15, -0.1) is 0 Å². The molecule has 3 aromatic rings. The van der Waals surface area contributed by atoms with Crippen LogP contribution >= 0.6 is 0 Å². The van der Waals surface area contributed by atoms with E-state index in [0.29, 0.717) is 0 Å². The van der Waals surface area contributed by atoms with Crippen molar-refractivity contribution in [2.75, 3.05) is 13.6 Å². The zero-order valence-corrected chi connectivity index (χ0v) is 10.9. The monoisotopic (exact) mass is 256 g/mol. The summed E-state index contributed by atoms with van der Waals surface area (Å²) < 4.78 is 7.23. The Labute approximate surface area is 111 Å². The van der Waals surface area contributed by atoms with Gasteiger partial charge in [-0.3, -0.25) is 9.58 Å². The van der Waals surface area contributed by atoms with Crippen LogP contribution in [0.15, 0.2) is 47.2 Å². The van der Waals surface area contributed by atoms with Crippen molar-refractivity contribution < 1.29 is 4.52 Å². The van der Waals surface area contributed by atoms with Crippen LogP contribution in [0.1, 0.15) is 5.69 Å². The highest BCUT2D eigenvalue weighted by Gasteiger charge is 2.09. The molecule has 0 amide bonds. The molecule has 0 bridgehead atoms. The third-order valence-corrected chi connectivity index (χ3v) is 3.14. The van der Waals surface area contributed by atoms with Crippen molar-refractivity contribution in [1.29, 1.82) is 0 Å². The minimum absolute atomic E-state index is 0.776. The predicted molar refractivity (Wildman–Crippen MR) is 72.6 cm³/mol. The average molecular weight is 256 g/mol. The van der Waals surface area contributed by atoms with E-state index >= 15 is 0 Å². The molecule has 0 unspecified atom stereocenters. The highest BCUT2D eigenvalue weighted by Crippen LogP contribution is 2.18. The quantitative estimate of drug-likeness (QED) is 0.702. The number of benzene rings is 1. The molecule has 0 saturated carbocycles. The zero-order valence-electron chi connectivity index (χ0n) is 10.9. The molecular formula is C14H16N4O. The summed E-state index contributed by atoms with van der Waals surface area (Å²) in [5, 5.41) is 9.42. The molecule has 3 rings (SSSR count). The maximum absolute atomic E-state index is 5.31. The van der Waals surface area contributed by atoms with E-state index in [1.165, 1.54) is 0 Å². The van der Waals surface area contributed by atoms with Gasteiger partial charge in [0.2, 0.25) is 0 Å². The van der Waals surface area contributed by atoms with Gasteiger partial charge in [0.1, 0.15) is 5.69 Å². The number of hydrogen-bond acceptors (Lipinski definition) is 4. The van der Waals surface area contributed by atoms with Gasteiger partial charge in [-0.2, -0.15) is 5.10 Å². The van der Waals surface area contributed by atoms with E-state index in [9.17, 15) is 0 Å². The Morgan fingerprint density at radius 1 is 1.26 bits per heavy atom. The molecule has 0 aliphatic carbocycles. The molecular weight excluding hydrogens is 240 g/mol. The van der Waals surface area contributed by atoms with Gasteiger partial charge >= 0.3 is 0 Å². The second kappa shape index (κ2) is 5.24. The van der Waals surface area contributed by atoms with Gasteiger partial charge in [-0.1, -0.05) is 17.3 Å². The molecule has 2 heterocycles. The molecule has 0 N–H and O–H groups in total. The number of nitrogens with zero attached hydrogens (tertiary/aromatic N) is 4. The minimum atomic E-state index is 0.776. The van der Waals surface area contributed by atoms with Gasteiger partial charge in [-0.25, -0.2) is 0 Å². The topological polar surface area (TPSA) is 47.1 Å². The summed E-state index contributed by atoms with van der Waals surface area (Å²) >= 11 is 0. The van der Waals surface area contributed by atoms with Crippen molar-refractivity contribution in [3.63, 3.8) is 0 Å². The Balaban J connectivity index is 1.64. The largest absolute Gasteiger partial charge is 0.356 e. The van der Waals surface area contributed by atoms with E-state index in [1.807, 2.05) is 41.2 Å². The van der Waals surface area contributed by atoms with E-state index in [0.717, 1.165) is 36.3 Å². The van der Waals surface area contributed by atoms with Crippen LogP contribution in [0.5, 0.6) is 0 Å². The van der Waals surface area contributed by atoms with Gasteiger partial charge in [0.15, 0.2) is 5.58 Å². The molecule has 0 atom stereocenters. The summed E-state index contributed by atoms with van der Waals surface area (Å²) in [4.78, 5) is 2.21. The van der Waals surface area contributed by atoms with E-state index < -0.39 is 0 Å². The van der Waals surface area contributed by atoms with Gasteiger partial charge in [-0.05, 0) is 25.2 Å². The third-order valence-electron chi connectivity index (χ3n) is 3.14. The first-order valence-electron chi connectivity index (χ1n) is 6.32. The molecule has 5 heteroatoms. The number of fused-ring (bicyclic) bond motifs is 1. The first-order chi connectivity index (χ1) is 9.33. The van der Waals surface area contributed by atoms with Crippen LogP contribution in [0, 0.1) is 0 Å². The summed E-state index contributed by atoms with van der Waals surface area (Å²) in [6.45, 7) is 2.57. The highest BCUT2D eigenvalue weighted by molar-refractivity contribution is 5.79. The van der Waals surface area contributed by atoms with E-state index in [4.69, 9.17) is 4.52 Å². The third kappa shape index (κ3) is 2.66. The molecule has 0 aliphatic rings. The first kappa shape index (κ1) is 11.9. The van der Waals surface area contributed by atoms with Gasteiger partial charge in [0.05, 0.1) is 6.54 Å². The average Bonchev–Trinajstić information content (AvgIpc) is 3.07. The Morgan fingerprint density at radius 2 is 2.16 bits per heavy atom. The lowest BCUT2D eigenvalue weighted by molar-refractivity contribution is 0.295. The Hall–Kier alpha value is -2.14. The number of hydrogen-bond donors (Lipinski definition) is 0. The molecule has 0 saturated heterocycles. The smallest absolute Gasteiger partial charge is 0.167 e. The number of para-hydroxylation sites is 1. The minimum Gasteiger partial charge on any atom is -0.356 e. The standard InChI is InChI=1S/C14H16N4O/c1-17(9-10-18-8-4-7-15-18)11-13-12-5-2-3-6-14(12)19-16-13/h2-8H,9-11H2,1H3. The van der Waals surface area contributed by atoms with Crippen LogP contribution < -0.4 is 0 Å². The Bertz CT molecular complexity index is 644. The molecule has 0 fully saturated rings. The van der Waals surface area contributed by atoms with Crippen LogP contribution in [0.4, 0.5) is 0 Å². The summed E-state index contributed by atoms with van der Waals surface area (Å²) in [7, 11) is 2.08. The molecule has 98 valence electrons. The van der Waals surface area contributed by atoms with Gasteiger partial charge in [0.25, 0.3) is 0 Å². The van der Waals surface area contributed by atoms with E-state index in [1.54, 1.807) is 6.20 Å². The van der Waals surface area contributed by atoms with Crippen molar-refractivity contribution in [3.8, 4) is 0 Å². The van der Waals surface area contributed by atoms with Crippen LogP contribution in [0.3, 0.4) is 0 Å². The predicted octanol–water partition coefficient (Wildman–Crippen LogP) is 2.16. The van der Waals surface area contributed by atoms with Gasteiger partial charge in [0, 0.05) is 30.9 Å². The van der Waals surface area contributed by atoms with E-state index in [-0.39, 0.29) is 0 Å². The Morgan fingerprint density at radius 3 is 3.00 bits per heavy atom. The first-order valence-corrected chi connectivity index (χ1v) is 6.32. The van der Waals surface area contributed by atoms with Crippen LogP contribution in [-0.2, 0) is 13.1 Å². The fourth-order valence-corrected chi connectivity index (χ4v) is 2.09. The SMILES string of the molecule is CN(CCn1cccn1)Cc1noc2ccccc12. The second-order valence-corrected chi connectivity index (χ2v) is 4.63. The normalized spacial score (nSPS) is 11.5. The fraction of sp³-hybridized carbons (Fsp3) is 0.286. The lowest BCUT2D eigenvalue weighted by Gasteiger charge is -2.14. The van der Waals surface area contributed by atoms with Gasteiger partial charge < -0.3 is 4.52 Å². The summed E-state index contributed by atoms with van der Waals surface area (Å²) in [6.07, 6.45) is 3.77. The number of rotatable bonds is 5. The van der Waals surface area contributed by atoms with Crippen molar-refractivity contribution in [2.45, 2.75) is 13.1 Å². The van der Waals surface area contributed by atoms with Crippen LogP contribution in [-0.4, -0.2) is 33.4 Å². The lowest BCUT2D eigenvalue weighted by Crippen LogP contribution is -2.23. The van der Waals surface area contributed by atoms with Crippen molar-refractivity contribution in [1.82, 2.24) is 19.8 Å². The van der Waals surface area contributed by atoms with Crippen molar-refractivity contribution >= 4 is 11.0 Å². The summed E-state index contributed by atoms with van der Waals surface area (Å²) in [5.41, 5.74) is 1.83. The zero-order chi connectivity index (χ0) is 13.1. The molecule has 0 radical (unpaired) electrons. The molecule has 19 heavy (non-hydrogen) atoms. The van der Waals surface area contributed by atoms with Crippen molar-refractivity contribution in [3.05, 3.63) is 48.4 Å². The maximum Gasteiger partial charge on any atom is 0.167 e. The summed E-state index contributed by atoms with van der Waals surface area (Å²) in [6, 6.07) is 9.88. The van der Waals surface area contributed by atoms with Crippen molar-refractivity contribution in [2.24, 2.45) is 0 Å². The Kier molecular flexibility index (Phi) is 3.29. The van der Waals surface area contributed by atoms with Crippen LogP contribution in [0.2, 0.25) is 0 Å². The fourth-order valence-electron chi connectivity index (χ4n) is 2.09. The number of likely N-dealkylation sites (N-methyl/N-ethyl adjacent to an activating group) is 1.